The Balaban J connectivity index is -0.000000653. The monoisotopic (exact) mass is 799 g/mol. The van der Waals surface area contributed by atoms with Gasteiger partial charge in [0.15, 0.2) is 0 Å². The number of unbranched alkanes of at least 4 members (excludes halogenated alkanes) is 16. The highest BCUT2D eigenvalue weighted by Gasteiger charge is 2.34. The van der Waals surface area contributed by atoms with Gasteiger partial charge in [-0.15, -0.1) is 77.3 Å². The zero-order valence-electron chi connectivity index (χ0n) is 23.1. The maximum Gasteiger partial charge on any atom is 0.0594 e. The zero-order valence-corrected chi connectivity index (χ0v) is 31.1. The van der Waals surface area contributed by atoms with Crippen LogP contribution in [0.4, 0.5) is 0 Å². The Hall–Kier alpha value is 2.66. The first-order valence-electron chi connectivity index (χ1n) is 14.1. The summed E-state index contributed by atoms with van der Waals surface area (Å²) in [4.78, 5) is 0. The average Bonchev–Trinajstić information content (AvgIpc) is 2.74. The van der Waals surface area contributed by atoms with Crippen molar-refractivity contribution in [2.45, 2.75) is 156 Å². The van der Waals surface area contributed by atoms with Crippen LogP contribution in [0.2, 0.25) is 0 Å². The number of hydrogen-bond donors (Lipinski definition) is 0. The van der Waals surface area contributed by atoms with Gasteiger partial charge in [0.25, 0.3) is 0 Å². The third-order valence-electron chi connectivity index (χ3n) is 6.94. The van der Waals surface area contributed by atoms with E-state index >= 15 is 0 Å². The standard InChI is InChI=1S/C28H60P.BrH.ClH.2HI/c1-5-9-13-14-15-16-17-18-19-20-21-22-23-24-28-29(25-10-6-2,26-11-7-3)27-12-8-4;;;;/h5-28H2,1-4H3;4*1H/q+1;;;;. The van der Waals surface area contributed by atoms with Gasteiger partial charge in [-0.3, -0.25) is 0 Å². The van der Waals surface area contributed by atoms with Crippen molar-refractivity contribution in [3.63, 3.8) is 0 Å². The molecule has 0 atom stereocenters. The van der Waals surface area contributed by atoms with Crippen molar-refractivity contribution in [3.8, 4) is 0 Å². The molecule has 0 spiro atoms. The summed E-state index contributed by atoms with van der Waals surface area (Å²) in [6, 6.07) is 0. The third kappa shape index (κ3) is 30.8. The highest BCUT2D eigenvalue weighted by molar-refractivity contribution is 14.0. The predicted octanol–water partition coefficient (Wildman–Crippen LogP) is 13.1. The lowest BCUT2D eigenvalue weighted by Crippen LogP contribution is -2.13. The number of rotatable bonds is 24. The molecule has 0 nitrogen and oxygen atoms in total. The molecule has 5 heteroatoms. The molecule has 0 aromatic carbocycles. The molecule has 0 bridgehead atoms. The Morgan fingerprint density at radius 2 is 0.545 bits per heavy atom. The Morgan fingerprint density at radius 3 is 0.818 bits per heavy atom. The van der Waals surface area contributed by atoms with Crippen LogP contribution >= 0.6 is 84.6 Å². The normalized spacial score (nSPS) is 10.5. The Kier molecular flexibility index (Phi) is 50.8. The third-order valence-corrected chi connectivity index (χ3v) is 12.0. The fraction of sp³-hybridized carbons (Fsp3) is 1.00. The first-order chi connectivity index (χ1) is 14.2. The maximum absolute atomic E-state index is 2.39. The fourth-order valence-corrected chi connectivity index (χ4v) is 9.99. The summed E-state index contributed by atoms with van der Waals surface area (Å²) in [5.74, 6) is 0. The summed E-state index contributed by atoms with van der Waals surface area (Å²) in [5, 5.41) is 0. The molecular weight excluding hydrogens is 736 g/mol. The van der Waals surface area contributed by atoms with Gasteiger partial charge < -0.3 is 0 Å². The van der Waals surface area contributed by atoms with Crippen LogP contribution in [0.25, 0.3) is 0 Å². The smallest absolute Gasteiger partial charge is 0.0594 e. The minimum atomic E-state index is -0.630. The van der Waals surface area contributed by atoms with E-state index in [0.29, 0.717) is 0 Å². The van der Waals surface area contributed by atoms with E-state index in [4.69, 9.17) is 0 Å². The van der Waals surface area contributed by atoms with Crippen LogP contribution in [0.5, 0.6) is 0 Å². The lowest BCUT2D eigenvalue weighted by atomic mass is 10.0. The van der Waals surface area contributed by atoms with Crippen LogP contribution in [0, 0.1) is 0 Å². The van der Waals surface area contributed by atoms with Gasteiger partial charge in [-0.2, -0.15) is 0 Å². The minimum Gasteiger partial charge on any atom is -0.147 e. The van der Waals surface area contributed by atoms with E-state index in [1.807, 2.05) is 0 Å². The fourth-order valence-electron chi connectivity index (χ4n) is 4.79. The highest BCUT2D eigenvalue weighted by atomic mass is 127. The molecule has 0 N–H and O–H groups in total. The SMILES string of the molecule is Br.CCCCCCCCCCCCCCCC[P+](CCCC)(CCCC)CCCC.Cl.I.I. The molecule has 0 saturated carbocycles. The second-order valence-electron chi connectivity index (χ2n) is 9.89. The van der Waals surface area contributed by atoms with Gasteiger partial charge in [0.05, 0.1) is 24.6 Å². The first kappa shape index (κ1) is 45.6. The van der Waals surface area contributed by atoms with Crippen LogP contribution in [-0.2, 0) is 0 Å². The van der Waals surface area contributed by atoms with Crippen LogP contribution < -0.4 is 0 Å². The average molecular weight is 801 g/mol. The van der Waals surface area contributed by atoms with E-state index in [9.17, 15) is 0 Å². The van der Waals surface area contributed by atoms with Crippen molar-refractivity contribution in [2.24, 2.45) is 0 Å². The molecule has 0 fully saturated rings. The maximum atomic E-state index is 2.39. The lowest BCUT2D eigenvalue weighted by Gasteiger charge is -2.28. The van der Waals surface area contributed by atoms with Crippen molar-refractivity contribution in [1.29, 1.82) is 0 Å². The summed E-state index contributed by atoms with van der Waals surface area (Å²) in [6.45, 7) is 9.48. The molecule has 0 saturated heterocycles. The topological polar surface area (TPSA) is 0 Å². The predicted molar refractivity (Wildman–Crippen MR) is 190 cm³/mol. The molecule has 0 aliphatic rings. The van der Waals surface area contributed by atoms with E-state index in [1.165, 1.54) is 122 Å². The summed E-state index contributed by atoms with van der Waals surface area (Å²) in [5.41, 5.74) is 0. The summed E-state index contributed by atoms with van der Waals surface area (Å²) in [7, 11) is -0.630. The molecule has 0 heterocycles. The van der Waals surface area contributed by atoms with Crippen LogP contribution in [0.1, 0.15) is 156 Å². The van der Waals surface area contributed by atoms with E-state index in [1.54, 1.807) is 31.1 Å². The van der Waals surface area contributed by atoms with E-state index in [0.717, 1.165) is 0 Å². The molecule has 0 aliphatic carbocycles. The largest absolute Gasteiger partial charge is 0.147 e. The van der Waals surface area contributed by atoms with Gasteiger partial charge in [-0.25, -0.2) is 0 Å². The van der Waals surface area contributed by atoms with Crippen LogP contribution in [0.15, 0.2) is 0 Å². The molecule has 33 heavy (non-hydrogen) atoms. The Morgan fingerprint density at radius 1 is 0.333 bits per heavy atom. The van der Waals surface area contributed by atoms with Crippen molar-refractivity contribution >= 4 is 84.6 Å². The zero-order chi connectivity index (χ0) is 21.5. The van der Waals surface area contributed by atoms with E-state index in [2.05, 4.69) is 27.7 Å². The summed E-state index contributed by atoms with van der Waals surface area (Å²) in [6.07, 6.45) is 36.0. The van der Waals surface area contributed by atoms with Crippen LogP contribution in [-0.4, -0.2) is 24.6 Å². The molecule has 0 aromatic rings. The molecule has 0 radical (unpaired) electrons. The number of hydrogen-bond acceptors (Lipinski definition) is 0. The second kappa shape index (κ2) is 36.8. The summed E-state index contributed by atoms with van der Waals surface area (Å²) < 4.78 is 0. The van der Waals surface area contributed by atoms with E-state index < -0.39 is 7.26 Å². The van der Waals surface area contributed by atoms with Crippen molar-refractivity contribution in [3.05, 3.63) is 0 Å². The molecule has 208 valence electrons. The van der Waals surface area contributed by atoms with Gasteiger partial charge in [0.1, 0.15) is 0 Å². The van der Waals surface area contributed by atoms with Gasteiger partial charge in [-0.05, 0) is 32.1 Å². The summed E-state index contributed by atoms with van der Waals surface area (Å²) >= 11 is 0. The van der Waals surface area contributed by atoms with E-state index in [-0.39, 0.29) is 77.3 Å². The molecule has 0 amide bonds. The Bertz CT molecular complexity index is 300. The second-order valence-corrected chi connectivity index (χ2v) is 14.4. The van der Waals surface area contributed by atoms with Crippen molar-refractivity contribution in [1.82, 2.24) is 0 Å². The number of halogens is 4. The van der Waals surface area contributed by atoms with Gasteiger partial charge in [0.2, 0.25) is 0 Å². The molecule has 0 aromatic heterocycles. The van der Waals surface area contributed by atoms with Crippen molar-refractivity contribution < 1.29 is 0 Å². The molecule has 0 rings (SSSR count). The first-order valence-corrected chi connectivity index (χ1v) is 16.6. The van der Waals surface area contributed by atoms with Gasteiger partial charge >= 0.3 is 0 Å². The molecule has 0 aliphatic heterocycles. The molecule has 0 unspecified atom stereocenters. The minimum absolute atomic E-state index is 0. The van der Waals surface area contributed by atoms with Crippen LogP contribution in [0.3, 0.4) is 0 Å². The Labute approximate surface area is 263 Å². The lowest BCUT2D eigenvalue weighted by molar-refractivity contribution is 0.538. The van der Waals surface area contributed by atoms with Crippen molar-refractivity contribution in [2.75, 3.05) is 24.6 Å². The van der Waals surface area contributed by atoms with Gasteiger partial charge in [-0.1, -0.05) is 124 Å². The quantitative estimate of drug-likeness (QED) is 0.0518. The highest BCUT2D eigenvalue weighted by Crippen LogP contribution is 2.61. The molecular formula is C28H64BrClI2P+. The van der Waals surface area contributed by atoms with Gasteiger partial charge in [0, 0.05) is 7.26 Å².